The maximum absolute atomic E-state index is 5.75. The molecule has 4 rings (SSSR count). The zero-order valence-electron chi connectivity index (χ0n) is 13.3. The molecule has 0 N–H and O–H groups in total. The third kappa shape index (κ3) is 3.99. The van der Waals surface area contributed by atoms with E-state index in [1.807, 2.05) is 42.5 Å². The van der Waals surface area contributed by atoms with Crippen LogP contribution in [0.3, 0.4) is 0 Å². The van der Waals surface area contributed by atoms with Crippen molar-refractivity contribution in [1.29, 1.82) is 0 Å². The summed E-state index contributed by atoms with van der Waals surface area (Å²) >= 11 is 5.04. The van der Waals surface area contributed by atoms with Crippen LogP contribution in [0.2, 0.25) is 0 Å². The van der Waals surface area contributed by atoms with Crippen LogP contribution in [0.15, 0.2) is 56.2 Å². The minimum absolute atomic E-state index is 0.529. The molecule has 25 heavy (non-hydrogen) atoms. The van der Waals surface area contributed by atoms with Gasteiger partial charge in [0.05, 0.1) is 19.0 Å². The van der Waals surface area contributed by atoms with Gasteiger partial charge in [0, 0.05) is 21.4 Å². The van der Waals surface area contributed by atoms with E-state index in [9.17, 15) is 0 Å². The summed E-state index contributed by atoms with van der Waals surface area (Å²) in [4.78, 5) is 1.08. The van der Waals surface area contributed by atoms with Crippen LogP contribution in [-0.2, 0) is 5.75 Å². The molecule has 0 aliphatic carbocycles. The molecule has 1 aromatic heterocycles. The molecule has 0 fully saturated rings. The Hall–Kier alpha value is -1.99. The van der Waals surface area contributed by atoms with Crippen LogP contribution >= 0.6 is 27.7 Å². The average molecular weight is 419 g/mol. The number of rotatable bonds is 4. The van der Waals surface area contributed by atoms with Gasteiger partial charge in [-0.15, -0.1) is 22.0 Å². The second-order valence-electron chi connectivity index (χ2n) is 5.46. The van der Waals surface area contributed by atoms with Crippen molar-refractivity contribution in [2.45, 2.75) is 17.1 Å². The lowest BCUT2D eigenvalue weighted by Gasteiger charge is -2.08. The lowest BCUT2D eigenvalue weighted by Crippen LogP contribution is -1.97. The summed E-state index contributed by atoms with van der Waals surface area (Å²) in [6.07, 6.45) is 0.901. The summed E-state index contributed by atoms with van der Waals surface area (Å²) in [7, 11) is 0. The molecule has 0 bridgehead atoms. The molecular weight excluding hydrogens is 404 g/mol. The Morgan fingerprint density at radius 2 is 1.76 bits per heavy atom. The lowest BCUT2D eigenvalue weighted by molar-refractivity contribution is 0.297. The molecule has 5 nitrogen and oxygen atoms in total. The first-order valence-corrected chi connectivity index (χ1v) is 9.66. The zero-order valence-corrected chi connectivity index (χ0v) is 15.7. The smallest absolute Gasteiger partial charge is 0.247 e. The number of thioether (sulfide) groups is 1. The first kappa shape index (κ1) is 16.5. The standard InChI is InChI=1S/C18H15BrN2O3S/c19-13-4-2-12(3-5-13)18-21-20-17(24-18)11-25-14-6-7-15-16(10-14)23-9-1-8-22-15/h2-7,10H,1,8-9,11H2. The monoisotopic (exact) mass is 418 g/mol. The Bertz CT molecular complexity index is 867. The first-order chi connectivity index (χ1) is 12.3. The van der Waals surface area contributed by atoms with Crippen molar-refractivity contribution in [2.24, 2.45) is 0 Å². The molecule has 3 aromatic rings. The molecule has 0 atom stereocenters. The molecule has 0 saturated heterocycles. The van der Waals surface area contributed by atoms with Crippen LogP contribution in [0.4, 0.5) is 0 Å². The fourth-order valence-electron chi connectivity index (χ4n) is 2.40. The maximum Gasteiger partial charge on any atom is 0.247 e. The highest BCUT2D eigenvalue weighted by molar-refractivity contribution is 9.10. The van der Waals surface area contributed by atoms with E-state index >= 15 is 0 Å². The van der Waals surface area contributed by atoms with Gasteiger partial charge >= 0.3 is 0 Å². The highest BCUT2D eigenvalue weighted by Gasteiger charge is 2.13. The van der Waals surface area contributed by atoms with Crippen molar-refractivity contribution in [3.05, 3.63) is 52.8 Å². The average Bonchev–Trinajstić information content (AvgIpc) is 2.98. The summed E-state index contributed by atoms with van der Waals surface area (Å²) < 4.78 is 18.1. The van der Waals surface area contributed by atoms with E-state index in [4.69, 9.17) is 13.9 Å². The van der Waals surface area contributed by atoms with Gasteiger partial charge in [-0.05, 0) is 42.5 Å². The SMILES string of the molecule is Brc1ccc(-c2nnc(CSc3ccc4c(c3)OCCCO4)o2)cc1. The summed E-state index contributed by atoms with van der Waals surface area (Å²) in [6.45, 7) is 1.38. The number of aromatic nitrogens is 2. The Morgan fingerprint density at radius 3 is 2.60 bits per heavy atom. The maximum atomic E-state index is 5.75. The number of halogens is 1. The number of ether oxygens (including phenoxy) is 2. The van der Waals surface area contributed by atoms with E-state index in [0.717, 1.165) is 32.9 Å². The molecule has 0 radical (unpaired) electrons. The van der Waals surface area contributed by atoms with Crippen molar-refractivity contribution in [3.63, 3.8) is 0 Å². The number of fused-ring (bicyclic) bond motifs is 1. The number of benzene rings is 2. The van der Waals surface area contributed by atoms with Gasteiger partial charge in [0.1, 0.15) is 0 Å². The fourth-order valence-corrected chi connectivity index (χ4v) is 3.43. The summed E-state index contributed by atoms with van der Waals surface area (Å²) in [6, 6.07) is 13.7. The largest absolute Gasteiger partial charge is 0.490 e. The van der Waals surface area contributed by atoms with E-state index < -0.39 is 0 Å². The van der Waals surface area contributed by atoms with Crippen molar-refractivity contribution in [2.75, 3.05) is 13.2 Å². The van der Waals surface area contributed by atoms with Gasteiger partial charge in [-0.1, -0.05) is 15.9 Å². The highest BCUT2D eigenvalue weighted by Crippen LogP contribution is 2.35. The van der Waals surface area contributed by atoms with Crippen molar-refractivity contribution in [1.82, 2.24) is 10.2 Å². The Morgan fingerprint density at radius 1 is 0.960 bits per heavy atom. The molecular formula is C18H15BrN2O3S. The molecule has 0 saturated carbocycles. The summed E-state index contributed by atoms with van der Waals surface area (Å²) in [5.74, 6) is 3.32. The van der Waals surface area contributed by atoms with Crippen LogP contribution in [0.1, 0.15) is 12.3 Å². The van der Waals surface area contributed by atoms with Gasteiger partial charge in [-0.3, -0.25) is 0 Å². The van der Waals surface area contributed by atoms with Crippen LogP contribution in [-0.4, -0.2) is 23.4 Å². The normalized spacial score (nSPS) is 13.5. The third-order valence-electron chi connectivity index (χ3n) is 3.64. The van der Waals surface area contributed by atoms with E-state index in [0.29, 0.717) is 30.7 Å². The van der Waals surface area contributed by atoms with Crippen molar-refractivity contribution < 1.29 is 13.9 Å². The van der Waals surface area contributed by atoms with Gasteiger partial charge in [-0.25, -0.2) is 0 Å². The summed E-state index contributed by atoms with van der Waals surface area (Å²) in [5, 5.41) is 8.25. The lowest BCUT2D eigenvalue weighted by atomic mass is 10.2. The molecule has 0 unspecified atom stereocenters. The molecule has 2 heterocycles. The van der Waals surface area contributed by atoms with E-state index in [2.05, 4.69) is 26.1 Å². The number of hydrogen-bond acceptors (Lipinski definition) is 6. The molecule has 1 aliphatic heterocycles. The molecule has 7 heteroatoms. The second kappa shape index (κ2) is 7.49. The molecule has 0 spiro atoms. The predicted octanol–water partition coefficient (Wildman–Crippen LogP) is 4.95. The number of hydrogen-bond donors (Lipinski definition) is 0. The van der Waals surface area contributed by atoms with Gasteiger partial charge in [0.15, 0.2) is 11.5 Å². The minimum atomic E-state index is 0.529. The second-order valence-corrected chi connectivity index (χ2v) is 7.42. The minimum Gasteiger partial charge on any atom is -0.490 e. The van der Waals surface area contributed by atoms with Gasteiger partial charge in [-0.2, -0.15) is 0 Å². The van der Waals surface area contributed by atoms with Crippen molar-refractivity contribution in [3.8, 4) is 23.0 Å². The summed E-state index contributed by atoms with van der Waals surface area (Å²) in [5.41, 5.74) is 0.905. The fraction of sp³-hybridized carbons (Fsp3) is 0.222. The Balaban J connectivity index is 1.43. The topological polar surface area (TPSA) is 57.4 Å². The first-order valence-electron chi connectivity index (χ1n) is 7.89. The Kier molecular flexibility index (Phi) is 4.94. The van der Waals surface area contributed by atoms with Gasteiger partial charge < -0.3 is 13.9 Å². The van der Waals surface area contributed by atoms with Crippen LogP contribution in [0.25, 0.3) is 11.5 Å². The quantitative estimate of drug-likeness (QED) is 0.558. The van der Waals surface area contributed by atoms with E-state index in [-0.39, 0.29) is 0 Å². The van der Waals surface area contributed by atoms with Crippen LogP contribution < -0.4 is 9.47 Å². The third-order valence-corrected chi connectivity index (χ3v) is 5.15. The molecule has 1 aliphatic rings. The van der Waals surface area contributed by atoms with Crippen molar-refractivity contribution >= 4 is 27.7 Å². The highest BCUT2D eigenvalue weighted by atomic mass is 79.9. The zero-order chi connectivity index (χ0) is 17.1. The molecule has 0 amide bonds. The van der Waals surface area contributed by atoms with Crippen LogP contribution in [0.5, 0.6) is 11.5 Å². The Labute approximate surface area is 157 Å². The number of nitrogens with zero attached hydrogens (tertiary/aromatic N) is 2. The van der Waals surface area contributed by atoms with Gasteiger partial charge in [0.2, 0.25) is 11.8 Å². The predicted molar refractivity (Wildman–Crippen MR) is 99.0 cm³/mol. The molecule has 128 valence electrons. The van der Waals surface area contributed by atoms with E-state index in [1.165, 1.54) is 0 Å². The van der Waals surface area contributed by atoms with Crippen LogP contribution in [0, 0.1) is 0 Å². The van der Waals surface area contributed by atoms with Gasteiger partial charge in [0.25, 0.3) is 0 Å². The van der Waals surface area contributed by atoms with E-state index in [1.54, 1.807) is 11.8 Å². The molecule has 2 aromatic carbocycles.